The van der Waals surface area contributed by atoms with Crippen molar-refractivity contribution in [3.8, 4) is 33.8 Å². The molecule has 0 saturated heterocycles. The van der Waals surface area contributed by atoms with E-state index in [0.717, 1.165) is 36.2 Å². The molecule has 12 heteroatoms. The quantitative estimate of drug-likeness (QED) is 0.178. The number of rotatable bonds is 9. The van der Waals surface area contributed by atoms with Crippen LogP contribution in [0.5, 0.6) is 11.5 Å². The van der Waals surface area contributed by atoms with E-state index in [1.165, 1.54) is 24.3 Å². The Morgan fingerprint density at radius 1 is 0.619 bits per heavy atom. The standard InChI is InChI=1S/C30H20F10O2/c1-2-3-16-4-7-20(22(31)10-16)17-5-8-21(23(32)11-17)18-6-9-27(24(33)12-18)41-15-29(36,37)42-19-13-25(34)28(26(35)14-19)30(38,39)40/h4-14H,2-3,15H2,1H3. The maximum atomic E-state index is 14.9. The van der Waals surface area contributed by atoms with Gasteiger partial charge >= 0.3 is 12.3 Å². The van der Waals surface area contributed by atoms with Gasteiger partial charge in [-0.05, 0) is 47.4 Å². The van der Waals surface area contributed by atoms with Gasteiger partial charge in [-0.2, -0.15) is 22.0 Å². The van der Waals surface area contributed by atoms with Crippen molar-refractivity contribution in [1.82, 2.24) is 0 Å². The van der Waals surface area contributed by atoms with Crippen LogP contribution >= 0.6 is 0 Å². The summed E-state index contributed by atoms with van der Waals surface area (Å²) >= 11 is 0. The van der Waals surface area contributed by atoms with Gasteiger partial charge in [0.25, 0.3) is 0 Å². The smallest absolute Gasteiger partial charge is 0.433 e. The summed E-state index contributed by atoms with van der Waals surface area (Å²) in [6.07, 6.45) is -8.26. The van der Waals surface area contributed by atoms with Gasteiger partial charge in [0.05, 0.1) is 0 Å². The van der Waals surface area contributed by atoms with E-state index in [9.17, 15) is 43.9 Å². The van der Waals surface area contributed by atoms with Gasteiger partial charge in [-0.1, -0.05) is 43.7 Å². The van der Waals surface area contributed by atoms with Crippen LogP contribution in [0.3, 0.4) is 0 Å². The third-order valence-corrected chi connectivity index (χ3v) is 6.06. The maximum Gasteiger partial charge on any atom is 0.433 e. The van der Waals surface area contributed by atoms with Crippen LogP contribution in [0.25, 0.3) is 22.3 Å². The van der Waals surface area contributed by atoms with Crippen LogP contribution in [0.1, 0.15) is 24.5 Å². The largest absolute Gasteiger partial charge is 0.480 e. The van der Waals surface area contributed by atoms with Crippen molar-refractivity contribution in [2.24, 2.45) is 0 Å². The van der Waals surface area contributed by atoms with E-state index >= 15 is 0 Å². The number of benzene rings is 4. The molecule has 0 bridgehead atoms. The van der Waals surface area contributed by atoms with Crippen molar-refractivity contribution >= 4 is 0 Å². The number of hydrogen-bond donors (Lipinski definition) is 0. The van der Waals surface area contributed by atoms with E-state index in [-0.39, 0.29) is 34.4 Å². The second-order valence-corrected chi connectivity index (χ2v) is 9.19. The molecule has 0 aliphatic heterocycles. The zero-order valence-corrected chi connectivity index (χ0v) is 21.6. The minimum absolute atomic E-state index is 0.00128. The molecule has 4 aromatic rings. The molecule has 42 heavy (non-hydrogen) atoms. The van der Waals surface area contributed by atoms with E-state index < -0.39 is 65.0 Å². The monoisotopic (exact) mass is 602 g/mol. The molecule has 0 fully saturated rings. The predicted molar refractivity (Wildman–Crippen MR) is 134 cm³/mol. The first-order chi connectivity index (χ1) is 19.7. The Bertz CT molecular complexity index is 1580. The number of hydrogen-bond acceptors (Lipinski definition) is 2. The van der Waals surface area contributed by atoms with E-state index in [4.69, 9.17) is 4.74 Å². The molecule has 4 rings (SSSR count). The topological polar surface area (TPSA) is 18.5 Å². The highest BCUT2D eigenvalue weighted by atomic mass is 19.4. The Morgan fingerprint density at radius 3 is 1.69 bits per heavy atom. The fourth-order valence-electron chi connectivity index (χ4n) is 4.18. The predicted octanol–water partition coefficient (Wildman–Crippen LogP) is 9.74. The van der Waals surface area contributed by atoms with E-state index in [2.05, 4.69) is 4.74 Å². The lowest BCUT2D eigenvalue weighted by Crippen LogP contribution is -2.32. The number of ether oxygens (including phenoxy) is 2. The lowest BCUT2D eigenvalue weighted by molar-refractivity contribution is -0.196. The van der Waals surface area contributed by atoms with Crippen molar-refractivity contribution in [1.29, 1.82) is 0 Å². The average molecular weight is 602 g/mol. The highest BCUT2D eigenvalue weighted by Gasteiger charge is 2.39. The second-order valence-electron chi connectivity index (χ2n) is 9.19. The van der Waals surface area contributed by atoms with Crippen LogP contribution in [0.4, 0.5) is 43.9 Å². The SMILES string of the molecule is CCCc1ccc(-c2ccc(-c3ccc(OCC(F)(F)Oc4cc(F)c(C(F)(F)F)c(F)c4)c(F)c3)c(F)c2)c(F)c1. The molecule has 0 N–H and O–H groups in total. The molecule has 0 spiro atoms. The number of aryl methyl sites for hydroxylation is 1. The molecule has 0 aliphatic carbocycles. The van der Waals surface area contributed by atoms with Crippen molar-refractivity contribution in [3.05, 3.63) is 107 Å². The summed E-state index contributed by atoms with van der Waals surface area (Å²) in [6, 6.07) is 11.2. The zero-order valence-electron chi connectivity index (χ0n) is 21.6. The minimum Gasteiger partial charge on any atom is -0.480 e. The normalized spacial score (nSPS) is 12.0. The van der Waals surface area contributed by atoms with Crippen molar-refractivity contribution in [2.45, 2.75) is 32.1 Å². The highest BCUT2D eigenvalue weighted by Crippen LogP contribution is 2.37. The van der Waals surface area contributed by atoms with Gasteiger partial charge < -0.3 is 9.47 Å². The van der Waals surface area contributed by atoms with Crippen molar-refractivity contribution < 1.29 is 53.4 Å². The van der Waals surface area contributed by atoms with Crippen LogP contribution < -0.4 is 9.47 Å². The Labute approximate surface area is 233 Å². The summed E-state index contributed by atoms with van der Waals surface area (Å²) in [7, 11) is 0. The highest BCUT2D eigenvalue weighted by molar-refractivity contribution is 5.72. The molecule has 0 heterocycles. The molecule has 222 valence electrons. The molecule has 0 aliphatic rings. The molecule has 0 amide bonds. The first-order valence-electron chi connectivity index (χ1n) is 12.3. The third-order valence-electron chi connectivity index (χ3n) is 6.06. The Balaban J connectivity index is 1.46. The molecule has 0 aromatic heterocycles. The third kappa shape index (κ3) is 6.97. The zero-order chi connectivity index (χ0) is 30.8. The van der Waals surface area contributed by atoms with Gasteiger partial charge in [0, 0.05) is 23.3 Å². The van der Waals surface area contributed by atoms with E-state index in [0.29, 0.717) is 6.42 Å². The molecule has 0 saturated carbocycles. The first-order valence-corrected chi connectivity index (χ1v) is 12.3. The minimum atomic E-state index is -5.41. The number of alkyl halides is 5. The summed E-state index contributed by atoms with van der Waals surface area (Å²) in [4.78, 5) is 0. The fraction of sp³-hybridized carbons (Fsp3) is 0.200. The van der Waals surface area contributed by atoms with Crippen LogP contribution in [-0.2, 0) is 12.6 Å². The Morgan fingerprint density at radius 2 is 1.17 bits per heavy atom. The molecule has 0 unspecified atom stereocenters. The van der Waals surface area contributed by atoms with Crippen LogP contribution in [0.2, 0.25) is 0 Å². The fourth-order valence-corrected chi connectivity index (χ4v) is 4.18. The van der Waals surface area contributed by atoms with Gasteiger partial charge in [-0.3, -0.25) is 0 Å². The lowest BCUT2D eigenvalue weighted by atomic mass is 9.97. The van der Waals surface area contributed by atoms with Gasteiger partial charge in [0.2, 0.25) is 0 Å². The Hall–Kier alpha value is -4.22. The van der Waals surface area contributed by atoms with Gasteiger partial charge in [0.1, 0.15) is 34.6 Å². The van der Waals surface area contributed by atoms with Crippen molar-refractivity contribution in [3.63, 3.8) is 0 Å². The van der Waals surface area contributed by atoms with Crippen LogP contribution in [0, 0.1) is 29.1 Å². The molecule has 2 nitrogen and oxygen atoms in total. The maximum absolute atomic E-state index is 14.9. The summed E-state index contributed by atoms with van der Waals surface area (Å²) in [5.74, 6) is -8.87. The van der Waals surface area contributed by atoms with E-state index in [1.54, 1.807) is 6.07 Å². The summed E-state index contributed by atoms with van der Waals surface area (Å²) in [5, 5.41) is 0. The summed E-state index contributed by atoms with van der Waals surface area (Å²) < 4.78 is 147. The number of halogens is 10. The van der Waals surface area contributed by atoms with Crippen LogP contribution in [0.15, 0.2) is 66.7 Å². The second kappa shape index (κ2) is 11.9. The first kappa shape index (κ1) is 30.7. The molecule has 0 atom stereocenters. The molecular weight excluding hydrogens is 582 g/mol. The lowest BCUT2D eigenvalue weighted by Gasteiger charge is -2.19. The molecule has 4 aromatic carbocycles. The summed E-state index contributed by atoms with van der Waals surface area (Å²) in [6.45, 7) is 0.254. The van der Waals surface area contributed by atoms with E-state index in [1.807, 2.05) is 6.92 Å². The molecular formula is C30H20F10O2. The van der Waals surface area contributed by atoms with Crippen molar-refractivity contribution in [2.75, 3.05) is 6.61 Å². The van der Waals surface area contributed by atoms with Gasteiger partial charge in [-0.25, -0.2) is 22.0 Å². The average Bonchev–Trinajstić information content (AvgIpc) is 2.86. The summed E-state index contributed by atoms with van der Waals surface area (Å²) in [5.41, 5.74) is -1.16. The molecule has 0 radical (unpaired) electrons. The van der Waals surface area contributed by atoms with Gasteiger partial charge in [0.15, 0.2) is 18.2 Å². The van der Waals surface area contributed by atoms with Crippen LogP contribution in [-0.4, -0.2) is 12.7 Å². The van der Waals surface area contributed by atoms with Gasteiger partial charge in [-0.15, -0.1) is 0 Å². The Kier molecular flexibility index (Phi) is 8.74.